The summed E-state index contributed by atoms with van der Waals surface area (Å²) in [5.41, 5.74) is 4.11. The van der Waals surface area contributed by atoms with Gasteiger partial charge >= 0.3 is 5.97 Å². The SMILES string of the molecule is C=C(C)[C@@H](NS(=O)(=O)c1ccc(-c2ccc(COCc3ccc4ccccc4c3)cc2)cc1)C(=O)O. The summed E-state index contributed by atoms with van der Waals surface area (Å²) in [5.74, 6) is -1.30. The van der Waals surface area contributed by atoms with Gasteiger partial charge in [-0.1, -0.05) is 84.9 Å². The summed E-state index contributed by atoms with van der Waals surface area (Å²) in [6, 6.07) is 27.3. The lowest BCUT2D eigenvalue weighted by molar-refractivity contribution is -0.137. The molecule has 6 nitrogen and oxygen atoms in total. The fourth-order valence-corrected chi connectivity index (χ4v) is 5.06. The van der Waals surface area contributed by atoms with Crippen LogP contribution in [0.3, 0.4) is 0 Å². The van der Waals surface area contributed by atoms with Crippen LogP contribution in [0.4, 0.5) is 0 Å². The molecule has 7 heteroatoms. The molecule has 2 N–H and O–H groups in total. The molecule has 0 saturated carbocycles. The van der Waals surface area contributed by atoms with Crippen LogP contribution in [0.5, 0.6) is 0 Å². The molecule has 184 valence electrons. The van der Waals surface area contributed by atoms with Crippen LogP contribution in [-0.4, -0.2) is 25.5 Å². The van der Waals surface area contributed by atoms with Crippen molar-refractivity contribution in [3.63, 3.8) is 0 Å². The number of carboxylic acid groups (broad SMARTS) is 1. The second-order valence-electron chi connectivity index (χ2n) is 8.63. The molecule has 4 aromatic rings. The van der Waals surface area contributed by atoms with Crippen LogP contribution in [0.15, 0.2) is 108 Å². The maximum atomic E-state index is 12.6. The Kier molecular flexibility index (Phi) is 7.64. The molecule has 0 aliphatic rings. The maximum absolute atomic E-state index is 12.6. The van der Waals surface area contributed by atoms with Crippen molar-refractivity contribution in [2.45, 2.75) is 31.1 Å². The third-order valence-corrected chi connectivity index (χ3v) is 7.25. The zero-order chi connectivity index (χ0) is 25.7. The zero-order valence-corrected chi connectivity index (χ0v) is 20.7. The Hall–Kier alpha value is -3.78. The molecule has 0 heterocycles. The van der Waals surface area contributed by atoms with Gasteiger partial charge in [0.25, 0.3) is 0 Å². The molecule has 0 saturated heterocycles. The minimum absolute atomic E-state index is 0.0162. The van der Waals surface area contributed by atoms with Crippen molar-refractivity contribution in [2.75, 3.05) is 0 Å². The molecule has 0 unspecified atom stereocenters. The molecule has 4 rings (SSSR count). The summed E-state index contributed by atoms with van der Waals surface area (Å²) < 4.78 is 33.2. The molecule has 4 aromatic carbocycles. The molecule has 36 heavy (non-hydrogen) atoms. The first-order valence-electron chi connectivity index (χ1n) is 11.4. The quantitative estimate of drug-likeness (QED) is 0.279. The van der Waals surface area contributed by atoms with Gasteiger partial charge in [0, 0.05) is 0 Å². The van der Waals surface area contributed by atoms with E-state index in [0.717, 1.165) is 22.3 Å². The van der Waals surface area contributed by atoms with E-state index in [-0.39, 0.29) is 10.5 Å². The predicted octanol–water partition coefficient (Wildman–Crippen LogP) is 5.53. The van der Waals surface area contributed by atoms with E-state index >= 15 is 0 Å². The summed E-state index contributed by atoms with van der Waals surface area (Å²) in [6.45, 7) is 6.00. The fourth-order valence-electron chi connectivity index (χ4n) is 3.82. The van der Waals surface area contributed by atoms with Gasteiger partial charge in [-0.25, -0.2) is 8.42 Å². The van der Waals surface area contributed by atoms with E-state index in [4.69, 9.17) is 4.74 Å². The Labute approximate surface area is 210 Å². The first kappa shape index (κ1) is 25.3. The Morgan fingerprint density at radius 3 is 2.03 bits per heavy atom. The fraction of sp³-hybridized carbons (Fsp3) is 0.138. The normalized spacial score (nSPS) is 12.4. The van der Waals surface area contributed by atoms with E-state index < -0.39 is 22.0 Å². The lowest BCUT2D eigenvalue weighted by Gasteiger charge is -2.15. The topological polar surface area (TPSA) is 92.7 Å². The highest BCUT2D eigenvalue weighted by molar-refractivity contribution is 7.89. The minimum Gasteiger partial charge on any atom is -0.480 e. The Bertz CT molecular complexity index is 1480. The smallest absolute Gasteiger partial charge is 0.325 e. The Morgan fingerprint density at radius 1 is 0.861 bits per heavy atom. The highest BCUT2D eigenvalue weighted by Gasteiger charge is 2.25. The predicted molar refractivity (Wildman–Crippen MR) is 141 cm³/mol. The zero-order valence-electron chi connectivity index (χ0n) is 19.8. The van der Waals surface area contributed by atoms with Gasteiger partial charge in [0.1, 0.15) is 6.04 Å². The van der Waals surface area contributed by atoms with Gasteiger partial charge in [-0.2, -0.15) is 4.72 Å². The lowest BCUT2D eigenvalue weighted by atomic mass is 10.0. The number of sulfonamides is 1. The Balaban J connectivity index is 1.37. The summed E-state index contributed by atoms with van der Waals surface area (Å²) in [6.07, 6.45) is 0. The van der Waals surface area contributed by atoms with Gasteiger partial charge in [-0.15, -0.1) is 0 Å². The summed E-state index contributed by atoms with van der Waals surface area (Å²) >= 11 is 0. The highest BCUT2D eigenvalue weighted by atomic mass is 32.2. The molecular weight excluding hydrogens is 474 g/mol. The average molecular weight is 502 g/mol. The van der Waals surface area contributed by atoms with Crippen LogP contribution in [0.25, 0.3) is 21.9 Å². The van der Waals surface area contributed by atoms with Crippen LogP contribution in [0, 0.1) is 0 Å². The van der Waals surface area contributed by atoms with Crippen molar-refractivity contribution in [3.05, 3.63) is 114 Å². The van der Waals surface area contributed by atoms with Crippen molar-refractivity contribution >= 4 is 26.8 Å². The van der Waals surface area contributed by atoms with Crippen molar-refractivity contribution in [3.8, 4) is 11.1 Å². The first-order valence-corrected chi connectivity index (χ1v) is 12.9. The van der Waals surface area contributed by atoms with Crippen LogP contribution in [-0.2, 0) is 32.8 Å². The number of benzene rings is 4. The molecule has 1 atom stereocenters. The summed E-state index contributed by atoms with van der Waals surface area (Å²) in [4.78, 5) is 11.3. The van der Waals surface area contributed by atoms with Crippen LogP contribution in [0.1, 0.15) is 18.1 Å². The first-order chi connectivity index (χ1) is 17.2. The lowest BCUT2D eigenvalue weighted by Crippen LogP contribution is -2.41. The van der Waals surface area contributed by atoms with Crippen LogP contribution < -0.4 is 4.72 Å². The Morgan fingerprint density at radius 2 is 1.42 bits per heavy atom. The van der Waals surface area contributed by atoms with Crippen LogP contribution >= 0.6 is 0 Å². The standard InChI is InChI=1S/C29H27NO5S/c1-20(2)28(29(31)32)30-36(33,34)27-15-13-25(14-16-27)24-10-7-21(8-11-24)18-35-19-22-9-12-23-5-3-4-6-26(23)17-22/h3-17,28,30H,1,18-19H2,2H3,(H,31,32)/t28-/m1/s1. The molecule has 0 fully saturated rings. The van der Waals surface area contributed by atoms with Gasteiger partial charge < -0.3 is 9.84 Å². The highest BCUT2D eigenvalue weighted by Crippen LogP contribution is 2.23. The maximum Gasteiger partial charge on any atom is 0.325 e. The van der Waals surface area contributed by atoms with E-state index in [1.54, 1.807) is 12.1 Å². The molecule has 0 bridgehead atoms. The van der Waals surface area contributed by atoms with Gasteiger partial charge in [0.15, 0.2) is 0 Å². The molecule has 0 radical (unpaired) electrons. The number of carbonyl (C=O) groups is 1. The number of fused-ring (bicyclic) bond motifs is 1. The van der Waals surface area contributed by atoms with Gasteiger partial charge in [0.2, 0.25) is 10.0 Å². The van der Waals surface area contributed by atoms with Crippen LogP contribution in [0.2, 0.25) is 0 Å². The summed E-state index contributed by atoms with van der Waals surface area (Å²) in [5, 5.41) is 11.6. The van der Waals surface area contributed by atoms with Gasteiger partial charge in [-0.3, -0.25) is 4.79 Å². The monoisotopic (exact) mass is 501 g/mol. The number of hydrogen-bond donors (Lipinski definition) is 2. The molecule has 0 aliphatic carbocycles. The minimum atomic E-state index is -4.01. The molecule has 0 aliphatic heterocycles. The van der Waals surface area contributed by atoms with Gasteiger partial charge in [-0.05, 0) is 58.1 Å². The average Bonchev–Trinajstić information content (AvgIpc) is 2.87. The number of hydrogen-bond acceptors (Lipinski definition) is 4. The number of ether oxygens (including phenoxy) is 1. The molecule has 0 aromatic heterocycles. The summed E-state index contributed by atoms with van der Waals surface area (Å²) in [7, 11) is -4.01. The molecule has 0 amide bonds. The van der Waals surface area contributed by atoms with E-state index in [0.29, 0.717) is 13.2 Å². The molecular formula is C29H27NO5S. The van der Waals surface area contributed by atoms with Crippen molar-refractivity contribution < 1.29 is 23.1 Å². The van der Waals surface area contributed by atoms with Crippen molar-refractivity contribution in [1.82, 2.24) is 4.72 Å². The number of rotatable bonds is 10. The second kappa shape index (κ2) is 10.9. The second-order valence-corrected chi connectivity index (χ2v) is 10.3. The number of aliphatic carboxylic acids is 1. The third-order valence-electron chi connectivity index (χ3n) is 5.82. The molecule has 0 spiro atoms. The third kappa shape index (κ3) is 6.07. The van der Waals surface area contributed by atoms with E-state index in [1.165, 1.54) is 29.8 Å². The van der Waals surface area contributed by atoms with E-state index in [9.17, 15) is 18.3 Å². The van der Waals surface area contributed by atoms with E-state index in [2.05, 4.69) is 41.6 Å². The number of carboxylic acids is 1. The van der Waals surface area contributed by atoms with Crippen molar-refractivity contribution in [2.24, 2.45) is 0 Å². The van der Waals surface area contributed by atoms with Crippen molar-refractivity contribution in [1.29, 1.82) is 0 Å². The number of nitrogens with one attached hydrogen (secondary N) is 1. The van der Waals surface area contributed by atoms with E-state index in [1.807, 2.05) is 36.4 Å². The largest absolute Gasteiger partial charge is 0.480 e. The van der Waals surface area contributed by atoms with Gasteiger partial charge in [0.05, 0.1) is 18.1 Å².